The molecule has 1 atom stereocenters. The Labute approximate surface area is 113 Å². The van der Waals surface area contributed by atoms with E-state index >= 15 is 0 Å². The zero-order valence-corrected chi connectivity index (χ0v) is 13.5. The van der Waals surface area contributed by atoms with Crippen molar-refractivity contribution < 1.29 is 10.2 Å². The Balaban J connectivity index is 2.99. The lowest BCUT2D eigenvalue weighted by Crippen LogP contribution is -2.40. The van der Waals surface area contributed by atoms with Crippen molar-refractivity contribution in [1.29, 1.82) is 0 Å². The second-order valence-electron chi connectivity index (χ2n) is 6.86. The molecule has 1 fully saturated rings. The first-order chi connectivity index (χ1) is 8.28. The summed E-state index contributed by atoms with van der Waals surface area (Å²) in [5.41, 5.74) is 2.44. The van der Waals surface area contributed by atoms with Crippen LogP contribution in [0.3, 0.4) is 0 Å². The number of aliphatic hydroxyl groups is 2. The fraction of sp³-hybridized carbons (Fsp3) is 0.867. The average Bonchev–Trinajstić information content (AvgIpc) is 2.26. The molecule has 0 spiro atoms. The van der Waals surface area contributed by atoms with Gasteiger partial charge in [0.1, 0.15) is 0 Å². The van der Waals surface area contributed by atoms with E-state index in [-0.39, 0.29) is 0 Å². The molecule has 0 saturated heterocycles. The Morgan fingerprint density at radius 2 is 1.78 bits per heavy atom. The van der Waals surface area contributed by atoms with Gasteiger partial charge in [-0.2, -0.15) is 0 Å². The molecule has 1 aliphatic carbocycles. The van der Waals surface area contributed by atoms with Crippen LogP contribution in [0.25, 0.3) is 0 Å². The highest BCUT2D eigenvalue weighted by molar-refractivity contribution is 6.81. The predicted octanol–water partition coefficient (Wildman–Crippen LogP) is 3.65. The molecule has 0 bridgehead atoms. The first-order valence-corrected chi connectivity index (χ1v) is 11.0. The van der Waals surface area contributed by atoms with Gasteiger partial charge in [0.2, 0.25) is 0 Å². The van der Waals surface area contributed by atoms with Crippen molar-refractivity contribution in [2.45, 2.75) is 83.2 Å². The van der Waals surface area contributed by atoms with Crippen molar-refractivity contribution in [3.8, 4) is 0 Å². The largest absolute Gasteiger partial charge is 0.389 e. The molecule has 106 valence electrons. The highest BCUT2D eigenvalue weighted by Crippen LogP contribution is 2.37. The minimum Gasteiger partial charge on any atom is -0.389 e. The molecule has 0 aromatic rings. The Bertz CT molecular complexity index is 285. The van der Waals surface area contributed by atoms with Crippen LogP contribution < -0.4 is 0 Å². The molecule has 0 unspecified atom stereocenters. The van der Waals surface area contributed by atoms with Crippen molar-refractivity contribution in [1.82, 2.24) is 0 Å². The molecule has 1 rings (SSSR count). The monoisotopic (exact) mass is 270 g/mol. The minimum atomic E-state index is -1.43. The topological polar surface area (TPSA) is 40.5 Å². The van der Waals surface area contributed by atoms with Gasteiger partial charge in [0.05, 0.1) is 19.8 Å². The number of aliphatic hydroxyl groups excluding tert-OH is 1. The standard InChI is InChI=1S/C15H30O2Si/c1-5-9-14(16)13(12-18(2,3)4)15(17)10-7-6-8-11-15/h12,14,16-17H,5-11H2,1-4H3/b13-12+/t14-/m1/s1. The third-order valence-corrected chi connectivity index (χ3v) is 4.90. The lowest BCUT2D eigenvalue weighted by Gasteiger charge is -2.38. The molecule has 0 radical (unpaired) electrons. The molecule has 2 N–H and O–H groups in total. The van der Waals surface area contributed by atoms with Crippen LogP contribution in [0.15, 0.2) is 11.3 Å². The van der Waals surface area contributed by atoms with E-state index in [1.165, 1.54) is 6.42 Å². The molecule has 0 aromatic heterocycles. The van der Waals surface area contributed by atoms with Crippen LogP contribution in [-0.2, 0) is 0 Å². The smallest absolute Gasteiger partial charge is 0.0877 e. The van der Waals surface area contributed by atoms with E-state index in [1.54, 1.807) is 0 Å². The van der Waals surface area contributed by atoms with E-state index in [9.17, 15) is 10.2 Å². The SMILES string of the molecule is CCC[C@@H](O)/C(=C\[Si](C)(C)C)C1(O)CCCCC1. The lowest BCUT2D eigenvalue weighted by atomic mass is 9.77. The maximum Gasteiger partial charge on any atom is 0.0877 e. The molecule has 1 saturated carbocycles. The van der Waals surface area contributed by atoms with Gasteiger partial charge in [-0.05, 0) is 24.8 Å². The van der Waals surface area contributed by atoms with Gasteiger partial charge in [0, 0.05) is 0 Å². The molecule has 0 aliphatic heterocycles. The third kappa shape index (κ3) is 4.52. The molecule has 0 heterocycles. The molecule has 0 amide bonds. The van der Waals surface area contributed by atoms with Crippen LogP contribution in [-0.4, -0.2) is 30.0 Å². The average molecular weight is 270 g/mol. The summed E-state index contributed by atoms with van der Waals surface area (Å²) in [4.78, 5) is 0. The molecule has 3 heteroatoms. The molecular formula is C15H30O2Si. The third-order valence-electron chi connectivity index (χ3n) is 3.73. The molecule has 2 nitrogen and oxygen atoms in total. The summed E-state index contributed by atoms with van der Waals surface area (Å²) in [5, 5.41) is 21.3. The molecule has 0 aromatic carbocycles. The van der Waals surface area contributed by atoms with Crippen LogP contribution in [0, 0.1) is 0 Å². The zero-order valence-electron chi connectivity index (χ0n) is 12.5. The van der Waals surface area contributed by atoms with E-state index in [1.807, 2.05) is 0 Å². The van der Waals surface area contributed by atoms with Gasteiger partial charge in [0.25, 0.3) is 0 Å². The Kier molecular flexibility index (Phi) is 5.62. The summed E-state index contributed by atoms with van der Waals surface area (Å²) in [6.45, 7) is 8.87. The minimum absolute atomic E-state index is 0.454. The second kappa shape index (κ2) is 6.35. The van der Waals surface area contributed by atoms with Gasteiger partial charge in [-0.3, -0.25) is 0 Å². The molecule has 1 aliphatic rings. The fourth-order valence-electron chi connectivity index (χ4n) is 2.86. The maximum absolute atomic E-state index is 10.9. The van der Waals surface area contributed by atoms with Crippen molar-refractivity contribution >= 4 is 8.07 Å². The van der Waals surface area contributed by atoms with Gasteiger partial charge in [0.15, 0.2) is 0 Å². The Morgan fingerprint density at radius 3 is 2.22 bits per heavy atom. The molecule has 18 heavy (non-hydrogen) atoms. The zero-order chi connectivity index (χ0) is 13.8. The van der Waals surface area contributed by atoms with E-state index < -0.39 is 19.8 Å². The van der Waals surface area contributed by atoms with E-state index in [4.69, 9.17) is 0 Å². The first-order valence-electron chi connectivity index (χ1n) is 7.42. The lowest BCUT2D eigenvalue weighted by molar-refractivity contribution is 0.0150. The molecular weight excluding hydrogens is 240 g/mol. The van der Waals surface area contributed by atoms with Gasteiger partial charge in [-0.15, -0.1) is 0 Å². The van der Waals surface area contributed by atoms with Gasteiger partial charge >= 0.3 is 0 Å². The fourth-order valence-corrected chi connectivity index (χ4v) is 4.26. The quantitative estimate of drug-likeness (QED) is 0.749. The summed E-state index contributed by atoms with van der Waals surface area (Å²) in [5.74, 6) is 0. The number of hydrogen-bond donors (Lipinski definition) is 2. The van der Waals surface area contributed by atoms with E-state index in [0.29, 0.717) is 0 Å². The Hall–Kier alpha value is -0.123. The van der Waals surface area contributed by atoms with Crippen molar-refractivity contribution in [2.24, 2.45) is 0 Å². The van der Waals surface area contributed by atoms with Gasteiger partial charge in [-0.25, -0.2) is 0 Å². The number of rotatable bonds is 5. The van der Waals surface area contributed by atoms with Crippen LogP contribution in [0.5, 0.6) is 0 Å². The van der Waals surface area contributed by atoms with Crippen molar-refractivity contribution in [3.05, 3.63) is 11.3 Å². The van der Waals surface area contributed by atoms with Crippen LogP contribution in [0.1, 0.15) is 51.9 Å². The first kappa shape index (κ1) is 15.9. The summed E-state index contributed by atoms with van der Waals surface area (Å²) in [6, 6.07) is 0. The van der Waals surface area contributed by atoms with Crippen molar-refractivity contribution in [3.63, 3.8) is 0 Å². The summed E-state index contributed by atoms with van der Waals surface area (Å²) < 4.78 is 0. The number of hydrogen-bond acceptors (Lipinski definition) is 2. The van der Waals surface area contributed by atoms with Crippen LogP contribution in [0.4, 0.5) is 0 Å². The summed E-state index contributed by atoms with van der Waals surface area (Å²) >= 11 is 0. The van der Waals surface area contributed by atoms with Gasteiger partial charge in [-0.1, -0.05) is 57.9 Å². The van der Waals surface area contributed by atoms with E-state index in [2.05, 4.69) is 32.3 Å². The summed E-state index contributed by atoms with van der Waals surface area (Å²) in [7, 11) is -1.43. The maximum atomic E-state index is 10.9. The predicted molar refractivity (Wildman–Crippen MR) is 80.4 cm³/mol. The van der Waals surface area contributed by atoms with Crippen LogP contribution >= 0.6 is 0 Å². The normalized spacial score (nSPS) is 22.9. The Morgan fingerprint density at radius 1 is 1.22 bits per heavy atom. The highest BCUT2D eigenvalue weighted by atomic mass is 28.3. The highest BCUT2D eigenvalue weighted by Gasteiger charge is 2.37. The van der Waals surface area contributed by atoms with Gasteiger partial charge < -0.3 is 10.2 Å². The summed E-state index contributed by atoms with van der Waals surface area (Å²) in [6.07, 6.45) is 6.29. The second-order valence-corrected chi connectivity index (χ2v) is 11.9. The van der Waals surface area contributed by atoms with E-state index in [0.717, 1.165) is 44.1 Å². The van der Waals surface area contributed by atoms with Crippen LogP contribution in [0.2, 0.25) is 19.6 Å². The van der Waals surface area contributed by atoms with Crippen molar-refractivity contribution in [2.75, 3.05) is 0 Å².